The van der Waals surface area contributed by atoms with Gasteiger partial charge in [-0.3, -0.25) is 9.59 Å². The molecule has 0 atom stereocenters. The van der Waals surface area contributed by atoms with Gasteiger partial charge in [0.1, 0.15) is 5.82 Å². The second kappa shape index (κ2) is 7.27. The fraction of sp³-hybridized carbons (Fsp3) is 0.353. The van der Waals surface area contributed by atoms with Crippen LogP contribution in [0.5, 0.6) is 0 Å². The van der Waals surface area contributed by atoms with Crippen LogP contribution < -0.4 is 10.6 Å². The summed E-state index contributed by atoms with van der Waals surface area (Å²) in [4.78, 5) is 24.2. The van der Waals surface area contributed by atoms with Crippen LogP contribution in [0.1, 0.15) is 29.8 Å². The molecule has 1 heterocycles. The van der Waals surface area contributed by atoms with Gasteiger partial charge in [-0.25, -0.2) is 4.68 Å². The van der Waals surface area contributed by atoms with Crippen molar-refractivity contribution in [3.8, 4) is 5.69 Å². The fourth-order valence-electron chi connectivity index (χ4n) is 2.29. The second-order valence-electron chi connectivity index (χ2n) is 5.76. The van der Waals surface area contributed by atoms with E-state index in [2.05, 4.69) is 15.7 Å². The maximum atomic E-state index is 12.2. The minimum absolute atomic E-state index is 0.0153. The van der Waals surface area contributed by atoms with Crippen LogP contribution in [0.2, 0.25) is 0 Å². The van der Waals surface area contributed by atoms with Gasteiger partial charge in [0.2, 0.25) is 5.91 Å². The molecule has 3 rings (SSSR count). The number of rotatable bonds is 7. The molecule has 1 aliphatic rings. The van der Waals surface area contributed by atoms with Gasteiger partial charge in [-0.2, -0.15) is 5.10 Å². The lowest BCUT2D eigenvalue weighted by molar-refractivity contribution is -0.117. The van der Waals surface area contributed by atoms with Crippen molar-refractivity contribution in [1.29, 1.82) is 0 Å². The molecule has 2 amide bonds. The SMILES string of the molecule is O=C(NCCCO)c1cc(NC(=O)C2CC2)n(-c2ccccc2)n1. The van der Waals surface area contributed by atoms with E-state index in [0.717, 1.165) is 18.5 Å². The van der Waals surface area contributed by atoms with Gasteiger partial charge < -0.3 is 15.7 Å². The maximum absolute atomic E-state index is 12.2. The van der Waals surface area contributed by atoms with E-state index in [1.165, 1.54) is 0 Å². The van der Waals surface area contributed by atoms with E-state index < -0.39 is 0 Å². The highest BCUT2D eigenvalue weighted by Gasteiger charge is 2.30. The molecule has 3 N–H and O–H groups in total. The van der Waals surface area contributed by atoms with Crippen LogP contribution in [0.4, 0.5) is 5.82 Å². The number of nitrogens with zero attached hydrogens (tertiary/aromatic N) is 2. The van der Waals surface area contributed by atoms with Gasteiger partial charge in [0.25, 0.3) is 5.91 Å². The summed E-state index contributed by atoms with van der Waals surface area (Å²) in [7, 11) is 0. The molecule has 0 unspecified atom stereocenters. The third-order valence-electron chi connectivity index (χ3n) is 3.76. The van der Waals surface area contributed by atoms with Crippen molar-refractivity contribution < 1.29 is 14.7 Å². The van der Waals surface area contributed by atoms with Gasteiger partial charge in [0, 0.05) is 25.1 Å². The smallest absolute Gasteiger partial charge is 0.271 e. The first-order valence-electron chi connectivity index (χ1n) is 8.04. The summed E-state index contributed by atoms with van der Waals surface area (Å²) < 4.78 is 1.56. The normalized spacial score (nSPS) is 13.5. The Labute approximate surface area is 139 Å². The number of aromatic nitrogens is 2. The quantitative estimate of drug-likeness (QED) is 0.668. The van der Waals surface area contributed by atoms with E-state index in [1.807, 2.05) is 30.3 Å². The molecule has 1 fully saturated rings. The van der Waals surface area contributed by atoms with Crippen LogP contribution in [0.3, 0.4) is 0 Å². The Hall–Kier alpha value is -2.67. The third-order valence-corrected chi connectivity index (χ3v) is 3.76. The predicted octanol–water partition coefficient (Wildman–Crippen LogP) is 1.33. The Kier molecular flexibility index (Phi) is 4.90. The molecule has 2 aromatic rings. The summed E-state index contributed by atoms with van der Waals surface area (Å²) in [5.41, 5.74) is 0.987. The van der Waals surface area contributed by atoms with Gasteiger partial charge in [-0.15, -0.1) is 0 Å². The maximum Gasteiger partial charge on any atom is 0.271 e. The van der Waals surface area contributed by atoms with Crippen LogP contribution in [-0.2, 0) is 4.79 Å². The number of hydrogen-bond acceptors (Lipinski definition) is 4. The number of anilines is 1. The summed E-state index contributed by atoms with van der Waals surface area (Å²) in [5.74, 6) is 0.163. The van der Waals surface area contributed by atoms with Crippen molar-refractivity contribution in [3.05, 3.63) is 42.1 Å². The first-order chi connectivity index (χ1) is 11.7. The number of aliphatic hydroxyl groups excluding tert-OH is 1. The standard InChI is InChI=1S/C17H20N4O3/c22-10-4-9-18-17(24)14-11-15(19-16(23)12-7-8-12)21(20-14)13-5-2-1-3-6-13/h1-3,5-6,11-12,22H,4,7-10H2,(H,18,24)(H,19,23). The van der Waals surface area contributed by atoms with Crippen molar-refractivity contribution in [1.82, 2.24) is 15.1 Å². The van der Waals surface area contributed by atoms with E-state index >= 15 is 0 Å². The van der Waals surface area contributed by atoms with E-state index in [-0.39, 0.29) is 30.0 Å². The first-order valence-corrected chi connectivity index (χ1v) is 8.04. The third kappa shape index (κ3) is 3.80. The summed E-state index contributed by atoms with van der Waals surface area (Å²) in [6.07, 6.45) is 2.29. The van der Waals surface area contributed by atoms with Crippen molar-refractivity contribution in [3.63, 3.8) is 0 Å². The number of nitrogens with one attached hydrogen (secondary N) is 2. The highest BCUT2D eigenvalue weighted by atomic mass is 16.3. The highest BCUT2D eigenvalue weighted by molar-refractivity contribution is 5.97. The molecule has 24 heavy (non-hydrogen) atoms. The number of aliphatic hydroxyl groups is 1. The van der Waals surface area contributed by atoms with E-state index in [0.29, 0.717) is 18.8 Å². The molecule has 1 saturated carbocycles. The molecule has 7 nitrogen and oxygen atoms in total. The summed E-state index contributed by atoms with van der Waals surface area (Å²) >= 11 is 0. The predicted molar refractivity (Wildman–Crippen MR) is 89.0 cm³/mol. The summed E-state index contributed by atoms with van der Waals surface area (Å²) in [6.45, 7) is 0.388. The number of amides is 2. The van der Waals surface area contributed by atoms with Gasteiger partial charge in [-0.1, -0.05) is 18.2 Å². The molecule has 1 aromatic heterocycles. The zero-order chi connectivity index (χ0) is 16.9. The molecule has 1 aliphatic carbocycles. The van der Waals surface area contributed by atoms with E-state index in [1.54, 1.807) is 10.7 Å². The van der Waals surface area contributed by atoms with Crippen LogP contribution >= 0.6 is 0 Å². The lowest BCUT2D eigenvalue weighted by Gasteiger charge is -2.08. The van der Waals surface area contributed by atoms with Gasteiger partial charge in [0.15, 0.2) is 5.69 Å². The van der Waals surface area contributed by atoms with Crippen molar-refractivity contribution in [2.45, 2.75) is 19.3 Å². The number of hydrogen-bond donors (Lipinski definition) is 3. The Morgan fingerprint density at radius 3 is 2.67 bits per heavy atom. The Morgan fingerprint density at radius 2 is 2.00 bits per heavy atom. The fourth-order valence-corrected chi connectivity index (χ4v) is 2.29. The van der Waals surface area contributed by atoms with Gasteiger partial charge in [-0.05, 0) is 31.4 Å². The molecule has 7 heteroatoms. The average molecular weight is 328 g/mol. The van der Waals surface area contributed by atoms with Crippen LogP contribution in [0, 0.1) is 5.92 Å². The van der Waals surface area contributed by atoms with Crippen molar-refractivity contribution in [2.75, 3.05) is 18.5 Å². The first kappa shape index (κ1) is 16.2. The number of carbonyl (C=O) groups excluding carboxylic acids is 2. The molecule has 0 saturated heterocycles. The number of benzene rings is 1. The molecular weight excluding hydrogens is 308 g/mol. The lowest BCUT2D eigenvalue weighted by Crippen LogP contribution is -2.25. The molecule has 0 bridgehead atoms. The van der Waals surface area contributed by atoms with Crippen LogP contribution in [0.15, 0.2) is 36.4 Å². The van der Waals surface area contributed by atoms with Gasteiger partial charge >= 0.3 is 0 Å². The number of carbonyl (C=O) groups is 2. The van der Waals surface area contributed by atoms with Gasteiger partial charge in [0.05, 0.1) is 5.69 Å². The minimum atomic E-state index is -0.333. The van der Waals surface area contributed by atoms with Crippen LogP contribution in [-0.4, -0.2) is 39.9 Å². The molecule has 0 radical (unpaired) electrons. The van der Waals surface area contributed by atoms with E-state index in [9.17, 15) is 9.59 Å². The Morgan fingerprint density at radius 1 is 1.25 bits per heavy atom. The minimum Gasteiger partial charge on any atom is -0.396 e. The van der Waals surface area contributed by atoms with E-state index in [4.69, 9.17) is 5.11 Å². The monoisotopic (exact) mass is 328 g/mol. The topological polar surface area (TPSA) is 96.3 Å². The number of para-hydroxylation sites is 1. The second-order valence-corrected chi connectivity index (χ2v) is 5.76. The lowest BCUT2D eigenvalue weighted by atomic mass is 10.3. The highest BCUT2D eigenvalue weighted by Crippen LogP contribution is 2.30. The Balaban J connectivity index is 1.84. The zero-order valence-corrected chi connectivity index (χ0v) is 13.2. The summed E-state index contributed by atoms with van der Waals surface area (Å²) in [6, 6.07) is 10.9. The van der Waals surface area contributed by atoms with Crippen molar-refractivity contribution in [2.24, 2.45) is 5.92 Å². The Bertz CT molecular complexity index is 723. The average Bonchev–Trinajstić information content (AvgIpc) is 3.37. The molecule has 0 spiro atoms. The van der Waals surface area contributed by atoms with Crippen LogP contribution in [0.25, 0.3) is 5.69 Å². The van der Waals surface area contributed by atoms with Crippen molar-refractivity contribution >= 4 is 17.6 Å². The molecule has 1 aromatic carbocycles. The molecule has 0 aliphatic heterocycles. The zero-order valence-electron chi connectivity index (χ0n) is 13.2. The molecular formula is C17H20N4O3. The largest absolute Gasteiger partial charge is 0.396 e. The molecule has 126 valence electrons. The summed E-state index contributed by atoms with van der Waals surface area (Å²) in [5, 5.41) is 18.7.